The van der Waals surface area contributed by atoms with E-state index >= 15 is 0 Å². The zero-order chi connectivity index (χ0) is 15.4. The fraction of sp³-hybridized carbons (Fsp3) is 0.706. The fourth-order valence-electron chi connectivity index (χ4n) is 3.80. The predicted molar refractivity (Wildman–Crippen MR) is 89.1 cm³/mol. The molecule has 1 aromatic rings. The minimum absolute atomic E-state index is 0.0181. The Morgan fingerprint density at radius 3 is 2.86 bits per heavy atom. The molecule has 5 heteroatoms. The topological polar surface area (TPSA) is 55.6 Å². The molecule has 1 aromatic heterocycles. The second kappa shape index (κ2) is 7.11. The third-order valence-electron chi connectivity index (χ3n) is 5.01. The molecule has 3 rings (SSSR count). The molecule has 1 aliphatic heterocycles. The molecule has 2 fully saturated rings. The molecule has 1 unspecified atom stereocenters. The van der Waals surface area contributed by atoms with Crippen molar-refractivity contribution in [3.63, 3.8) is 0 Å². The van der Waals surface area contributed by atoms with Crippen LogP contribution in [0.2, 0.25) is 0 Å². The first-order chi connectivity index (χ1) is 10.8. The number of thiophene rings is 1. The van der Waals surface area contributed by atoms with Crippen LogP contribution >= 0.6 is 11.3 Å². The number of nitrogens with two attached hydrogens (primary N) is 1. The molecular formula is C17H26N2O2S. The van der Waals surface area contributed by atoms with Gasteiger partial charge in [-0.1, -0.05) is 25.3 Å². The normalized spacial score (nSPS) is 25.7. The van der Waals surface area contributed by atoms with Gasteiger partial charge in [0.05, 0.1) is 11.5 Å². The average molecular weight is 322 g/mol. The van der Waals surface area contributed by atoms with Crippen LogP contribution < -0.4 is 5.73 Å². The third-order valence-corrected chi connectivity index (χ3v) is 6.08. The highest BCUT2D eigenvalue weighted by atomic mass is 32.1. The van der Waals surface area contributed by atoms with Crippen LogP contribution in [0.25, 0.3) is 0 Å². The number of hydrogen-bond donors (Lipinski definition) is 1. The number of rotatable bonds is 3. The molecule has 22 heavy (non-hydrogen) atoms. The van der Waals surface area contributed by atoms with E-state index in [0.717, 1.165) is 38.6 Å². The van der Waals surface area contributed by atoms with Gasteiger partial charge in [-0.15, -0.1) is 11.3 Å². The molecule has 122 valence electrons. The minimum Gasteiger partial charge on any atom is -0.375 e. The highest BCUT2D eigenvalue weighted by Crippen LogP contribution is 2.43. The Hall–Kier alpha value is -0.910. The summed E-state index contributed by atoms with van der Waals surface area (Å²) in [7, 11) is 0. The monoisotopic (exact) mass is 322 g/mol. The van der Waals surface area contributed by atoms with Crippen LogP contribution in [0.15, 0.2) is 17.5 Å². The Balaban J connectivity index is 1.85. The summed E-state index contributed by atoms with van der Waals surface area (Å²) in [5, 5.41) is 2.09. The molecule has 1 saturated carbocycles. The summed E-state index contributed by atoms with van der Waals surface area (Å²) < 4.78 is 5.73. The second-order valence-corrected chi connectivity index (χ2v) is 7.40. The molecule has 2 heterocycles. The van der Waals surface area contributed by atoms with Gasteiger partial charge in [-0.05, 0) is 30.7 Å². The minimum atomic E-state index is -0.296. The second-order valence-electron chi connectivity index (χ2n) is 6.45. The van der Waals surface area contributed by atoms with Crippen molar-refractivity contribution in [1.29, 1.82) is 0 Å². The van der Waals surface area contributed by atoms with E-state index in [9.17, 15) is 4.79 Å². The van der Waals surface area contributed by atoms with Gasteiger partial charge < -0.3 is 15.4 Å². The van der Waals surface area contributed by atoms with E-state index in [-0.39, 0.29) is 11.5 Å². The van der Waals surface area contributed by atoms with Gasteiger partial charge in [0.2, 0.25) is 5.91 Å². The lowest BCUT2D eigenvalue weighted by molar-refractivity contribution is -0.139. The molecule has 1 amide bonds. The predicted octanol–water partition coefficient (Wildman–Crippen LogP) is 2.53. The molecule has 0 spiro atoms. The molecule has 2 N–H and O–H groups in total. The van der Waals surface area contributed by atoms with Crippen molar-refractivity contribution in [2.45, 2.75) is 50.0 Å². The maximum absolute atomic E-state index is 13.4. The Labute approximate surface area is 136 Å². The number of amides is 1. The zero-order valence-corrected chi connectivity index (χ0v) is 13.9. The Kier molecular flexibility index (Phi) is 5.16. The molecule has 1 aliphatic carbocycles. The van der Waals surface area contributed by atoms with E-state index in [2.05, 4.69) is 17.5 Å². The standard InChI is InChI=1S/C17H26N2O2S/c18-12-14-13-19(9-5-10-21-14)16(20)17(7-2-1-3-8-17)15-6-4-11-22-15/h4,6,11,14H,1-3,5,7-10,12-13,18H2. The van der Waals surface area contributed by atoms with Gasteiger partial charge in [0.25, 0.3) is 0 Å². The highest BCUT2D eigenvalue weighted by molar-refractivity contribution is 7.10. The Bertz CT molecular complexity index is 483. The summed E-state index contributed by atoms with van der Waals surface area (Å²) in [6, 6.07) is 4.21. The van der Waals surface area contributed by atoms with Crippen LogP contribution in [-0.4, -0.2) is 43.2 Å². The van der Waals surface area contributed by atoms with Gasteiger partial charge in [-0.2, -0.15) is 0 Å². The molecule has 4 nitrogen and oxygen atoms in total. The summed E-state index contributed by atoms with van der Waals surface area (Å²) in [6.07, 6.45) is 6.39. The fourth-order valence-corrected chi connectivity index (χ4v) is 4.77. The first kappa shape index (κ1) is 16.0. The van der Waals surface area contributed by atoms with Crippen molar-refractivity contribution in [1.82, 2.24) is 4.90 Å². The number of carbonyl (C=O) groups excluding carboxylic acids is 1. The molecule has 0 aromatic carbocycles. The smallest absolute Gasteiger partial charge is 0.234 e. The Morgan fingerprint density at radius 1 is 1.36 bits per heavy atom. The highest BCUT2D eigenvalue weighted by Gasteiger charge is 2.44. The summed E-state index contributed by atoms with van der Waals surface area (Å²) in [5.74, 6) is 0.304. The lowest BCUT2D eigenvalue weighted by Crippen LogP contribution is -2.50. The molecule has 2 aliphatic rings. The molecule has 1 saturated heterocycles. The number of ether oxygens (including phenoxy) is 1. The van der Waals surface area contributed by atoms with Crippen molar-refractivity contribution in [2.75, 3.05) is 26.2 Å². The van der Waals surface area contributed by atoms with Crippen LogP contribution in [0.5, 0.6) is 0 Å². The summed E-state index contributed by atoms with van der Waals surface area (Å²) in [5.41, 5.74) is 5.48. The van der Waals surface area contributed by atoms with E-state index in [1.165, 1.54) is 11.3 Å². The van der Waals surface area contributed by atoms with Crippen LogP contribution in [0.4, 0.5) is 0 Å². The summed E-state index contributed by atoms with van der Waals surface area (Å²) in [6.45, 7) is 2.62. The van der Waals surface area contributed by atoms with Crippen LogP contribution in [-0.2, 0) is 14.9 Å². The number of hydrogen-bond acceptors (Lipinski definition) is 4. The van der Waals surface area contributed by atoms with E-state index in [1.54, 1.807) is 11.3 Å². The van der Waals surface area contributed by atoms with Gasteiger partial charge in [-0.25, -0.2) is 0 Å². The number of carbonyl (C=O) groups is 1. The third kappa shape index (κ3) is 3.07. The first-order valence-electron chi connectivity index (χ1n) is 8.41. The maximum Gasteiger partial charge on any atom is 0.234 e. The van der Waals surface area contributed by atoms with Crippen molar-refractivity contribution in [3.8, 4) is 0 Å². The van der Waals surface area contributed by atoms with Gasteiger partial charge in [0, 0.05) is 31.1 Å². The number of nitrogens with zero attached hydrogens (tertiary/aromatic N) is 1. The van der Waals surface area contributed by atoms with Crippen molar-refractivity contribution in [2.24, 2.45) is 5.73 Å². The van der Waals surface area contributed by atoms with Crippen molar-refractivity contribution in [3.05, 3.63) is 22.4 Å². The maximum atomic E-state index is 13.4. The summed E-state index contributed by atoms with van der Waals surface area (Å²) in [4.78, 5) is 16.7. The summed E-state index contributed by atoms with van der Waals surface area (Å²) >= 11 is 1.73. The molecule has 0 radical (unpaired) electrons. The largest absolute Gasteiger partial charge is 0.375 e. The first-order valence-corrected chi connectivity index (χ1v) is 9.29. The lowest BCUT2D eigenvalue weighted by Gasteiger charge is -2.39. The van der Waals surface area contributed by atoms with Gasteiger partial charge in [-0.3, -0.25) is 4.79 Å². The van der Waals surface area contributed by atoms with Crippen molar-refractivity contribution < 1.29 is 9.53 Å². The quantitative estimate of drug-likeness (QED) is 0.930. The van der Waals surface area contributed by atoms with Crippen LogP contribution in [0.1, 0.15) is 43.4 Å². The van der Waals surface area contributed by atoms with Gasteiger partial charge in [0.1, 0.15) is 0 Å². The van der Waals surface area contributed by atoms with Crippen LogP contribution in [0, 0.1) is 0 Å². The average Bonchev–Trinajstić information content (AvgIpc) is 3.00. The molecule has 0 bridgehead atoms. The van der Waals surface area contributed by atoms with E-state index in [4.69, 9.17) is 10.5 Å². The van der Waals surface area contributed by atoms with Gasteiger partial charge >= 0.3 is 0 Å². The van der Waals surface area contributed by atoms with E-state index < -0.39 is 0 Å². The van der Waals surface area contributed by atoms with Crippen LogP contribution in [0.3, 0.4) is 0 Å². The van der Waals surface area contributed by atoms with E-state index in [0.29, 0.717) is 25.6 Å². The molecular weight excluding hydrogens is 296 g/mol. The lowest BCUT2D eigenvalue weighted by atomic mass is 9.72. The van der Waals surface area contributed by atoms with E-state index in [1.807, 2.05) is 4.90 Å². The van der Waals surface area contributed by atoms with Crippen molar-refractivity contribution >= 4 is 17.2 Å². The zero-order valence-electron chi connectivity index (χ0n) is 13.1. The Morgan fingerprint density at radius 2 is 2.18 bits per heavy atom. The SMILES string of the molecule is NCC1CN(C(=O)C2(c3cccs3)CCCCC2)CCCO1. The van der Waals surface area contributed by atoms with Gasteiger partial charge in [0.15, 0.2) is 0 Å². The molecule has 1 atom stereocenters.